The quantitative estimate of drug-likeness (QED) is 0.805. The van der Waals surface area contributed by atoms with Gasteiger partial charge in [-0.2, -0.15) is 0 Å². The van der Waals surface area contributed by atoms with Crippen molar-refractivity contribution < 1.29 is 12.8 Å². The number of fused-ring (bicyclic) bond motifs is 2. The fourth-order valence-corrected chi connectivity index (χ4v) is 6.11. The molecule has 0 heterocycles. The molecule has 3 atom stereocenters. The Hall–Kier alpha value is -0.460. The first-order valence-corrected chi connectivity index (χ1v) is 9.52. The SMILES string of the molecule is CN(CC1CC2CCC1C2)S(=O)(=O)c1ccc(F)cc1Br. The fourth-order valence-electron chi connectivity index (χ4n) is 3.88. The highest BCUT2D eigenvalue weighted by Gasteiger charge is 2.41. The predicted molar refractivity (Wildman–Crippen MR) is 82.9 cm³/mol. The van der Waals surface area contributed by atoms with Gasteiger partial charge in [-0.05, 0) is 71.1 Å². The Morgan fingerprint density at radius 2 is 2.10 bits per heavy atom. The maximum atomic E-state index is 13.1. The molecule has 1 aromatic carbocycles. The summed E-state index contributed by atoms with van der Waals surface area (Å²) in [6.07, 6.45) is 4.96. The van der Waals surface area contributed by atoms with Gasteiger partial charge in [0.25, 0.3) is 0 Å². The van der Waals surface area contributed by atoms with Crippen LogP contribution < -0.4 is 0 Å². The van der Waals surface area contributed by atoms with E-state index in [1.807, 2.05) is 0 Å². The molecule has 0 amide bonds. The third kappa shape index (κ3) is 2.90. The molecule has 2 aliphatic carbocycles. The summed E-state index contributed by atoms with van der Waals surface area (Å²) < 4.78 is 40.1. The van der Waals surface area contributed by atoms with E-state index >= 15 is 0 Å². The first-order valence-electron chi connectivity index (χ1n) is 7.29. The molecule has 2 fully saturated rings. The highest BCUT2D eigenvalue weighted by Crippen LogP contribution is 2.48. The van der Waals surface area contributed by atoms with Crippen LogP contribution in [0.25, 0.3) is 0 Å². The lowest BCUT2D eigenvalue weighted by atomic mass is 9.89. The number of rotatable bonds is 4. The van der Waals surface area contributed by atoms with E-state index in [4.69, 9.17) is 0 Å². The lowest BCUT2D eigenvalue weighted by Crippen LogP contribution is -2.34. The summed E-state index contributed by atoms with van der Waals surface area (Å²) in [4.78, 5) is 0.134. The summed E-state index contributed by atoms with van der Waals surface area (Å²) in [6.45, 7) is 0.563. The van der Waals surface area contributed by atoms with E-state index in [0.717, 1.165) is 12.3 Å². The van der Waals surface area contributed by atoms with E-state index in [2.05, 4.69) is 15.9 Å². The fraction of sp³-hybridized carbons (Fsp3) is 0.600. The topological polar surface area (TPSA) is 37.4 Å². The van der Waals surface area contributed by atoms with E-state index in [-0.39, 0.29) is 9.37 Å². The van der Waals surface area contributed by atoms with Crippen molar-refractivity contribution in [2.45, 2.75) is 30.6 Å². The molecule has 0 N–H and O–H groups in total. The van der Waals surface area contributed by atoms with Gasteiger partial charge in [-0.25, -0.2) is 17.1 Å². The maximum absolute atomic E-state index is 13.1. The number of benzene rings is 1. The standard InChI is InChI=1S/C15H19BrFNO2S/c1-18(9-12-7-10-2-3-11(12)6-10)21(19,20)15-5-4-13(17)8-14(15)16/h4-5,8,10-12H,2-3,6-7,9H2,1H3. The Morgan fingerprint density at radius 3 is 2.67 bits per heavy atom. The van der Waals surface area contributed by atoms with Gasteiger partial charge in [0.2, 0.25) is 10.0 Å². The van der Waals surface area contributed by atoms with Crippen molar-refractivity contribution in [3.63, 3.8) is 0 Å². The largest absolute Gasteiger partial charge is 0.243 e. The Kier molecular flexibility index (Phi) is 4.14. The van der Waals surface area contributed by atoms with Crippen molar-refractivity contribution in [2.75, 3.05) is 13.6 Å². The summed E-state index contributed by atoms with van der Waals surface area (Å²) in [5, 5.41) is 0. The highest BCUT2D eigenvalue weighted by atomic mass is 79.9. The first-order chi connectivity index (χ1) is 9.88. The second-order valence-corrected chi connectivity index (χ2v) is 9.16. The third-order valence-corrected chi connectivity index (χ3v) is 7.76. The summed E-state index contributed by atoms with van der Waals surface area (Å²) in [5.41, 5.74) is 0. The Morgan fingerprint density at radius 1 is 1.33 bits per heavy atom. The van der Waals surface area contributed by atoms with Crippen LogP contribution in [-0.4, -0.2) is 26.3 Å². The molecule has 2 aliphatic rings. The zero-order valence-corrected chi connectivity index (χ0v) is 14.3. The molecule has 0 aliphatic heterocycles. The summed E-state index contributed by atoms with van der Waals surface area (Å²) in [6, 6.07) is 3.70. The second kappa shape index (κ2) is 5.63. The summed E-state index contributed by atoms with van der Waals surface area (Å²) in [5.74, 6) is 1.51. The van der Waals surface area contributed by atoms with Crippen LogP contribution in [0.15, 0.2) is 27.6 Å². The van der Waals surface area contributed by atoms with Crippen molar-refractivity contribution in [3.05, 3.63) is 28.5 Å². The maximum Gasteiger partial charge on any atom is 0.243 e. The van der Waals surface area contributed by atoms with Crippen LogP contribution in [0.1, 0.15) is 25.7 Å². The van der Waals surface area contributed by atoms with E-state index in [1.54, 1.807) is 7.05 Å². The van der Waals surface area contributed by atoms with Crippen LogP contribution >= 0.6 is 15.9 Å². The van der Waals surface area contributed by atoms with Gasteiger partial charge in [-0.3, -0.25) is 0 Å². The molecule has 0 radical (unpaired) electrons. The zero-order valence-electron chi connectivity index (χ0n) is 11.9. The van der Waals surface area contributed by atoms with Crippen LogP contribution in [0.5, 0.6) is 0 Å². The molecule has 21 heavy (non-hydrogen) atoms. The average Bonchev–Trinajstić information content (AvgIpc) is 3.00. The highest BCUT2D eigenvalue weighted by molar-refractivity contribution is 9.10. The van der Waals surface area contributed by atoms with Crippen molar-refractivity contribution in [1.82, 2.24) is 4.31 Å². The number of hydrogen-bond donors (Lipinski definition) is 0. The monoisotopic (exact) mass is 375 g/mol. The lowest BCUT2D eigenvalue weighted by molar-refractivity contribution is 0.280. The van der Waals surface area contributed by atoms with Crippen molar-refractivity contribution in [3.8, 4) is 0 Å². The summed E-state index contributed by atoms with van der Waals surface area (Å²) >= 11 is 3.15. The molecular formula is C15H19BrFNO2S. The molecule has 0 saturated heterocycles. The molecule has 1 aromatic rings. The normalized spacial score (nSPS) is 28.5. The van der Waals surface area contributed by atoms with Crippen molar-refractivity contribution >= 4 is 26.0 Å². The van der Waals surface area contributed by atoms with E-state index < -0.39 is 15.8 Å². The molecule has 2 bridgehead atoms. The van der Waals surface area contributed by atoms with Gasteiger partial charge in [0.1, 0.15) is 5.82 Å². The molecule has 3 nitrogen and oxygen atoms in total. The second-order valence-electron chi connectivity index (χ2n) is 6.30. The summed E-state index contributed by atoms with van der Waals surface area (Å²) in [7, 11) is -1.95. The van der Waals surface area contributed by atoms with Crippen LogP contribution in [0.4, 0.5) is 4.39 Å². The van der Waals surface area contributed by atoms with Crippen LogP contribution in [0.3, 0.4) is 0 Å². The Bertz CT molecular complexity index is 649. The van der Waals surface area contributed by atoms with Gasteiger partial charge < -0.3 is 0 Å². The minimum absolute atomic E-state index is 0.134. The smallest absolute Gasteiger partial charge is 0.207 e. The van der Waals surface area contributed by atoms with E-state index in [9.17, 15) is 12.8 Å². The third-order valence-electron chi connectivity index (χ3n) is 4.96. The number of hydrogen-bond acceptors (Lipinski definition) is 2. The molecule has 2 saturated carbocycles. The Balaban J connectivity index is 1.78. The molecule has 6 heteroatoms. The molecule has 0 aromatic heterocycles. The molecule has 0 spiro atoms. The predicted octanol–water partition coefficient (Wildman–Crippen LogP) is 3.64. The number of halogens is 2. The van der Waals surface area contributed by atoms with Crippen molar-refractivity contribution in [2.24, 2.45) is 17.8 Å². The lowest BCUT2D eigenvalue weighted by Gasteiger charge is -2.27. The Labute approximate surface area is 133 Å². The van der Waals surface area contributed by atoms with Gasteiger partial charge in [-0.15, -0.1) is 0 Å². The van der Waals surface area contributed by atoms with Crippen LogP contribution in [0.2, 0.25) is 0 Å². The van der Waals surface area contributed by atoms with Gasteiger partial charge in [0.05, 0.1) is 4.90 Å². The first kappa shape index (κ1) is 15.4. The van der Waals surface area contributed by atoms with Gasteiger partial charge in [-0.1, -0.05) is 6.42 Å². The van der Waals surface area contributed by atoms with Gasteiger partial charge in [0, 0.05) is 18.1 Å². The molecular weight excluding hydrogens is 357 g/mol. The molecule has 3 rings (SSSR count). The number of nitrogens with zero attached hydrogens (tertiary/aromatic N) is 1. The molecule has 3 unspecified atom stereocenters. The molecule has 116 valence electrons. The minimum Gasteiger partial charge on any atom is -0.207 e. The van der Waals surface area contributed by atoms with Crippen LogP contribution in [0, 0.1) is 23.6 Å². The van der Waals surface area contributed by atoms with Gasteiger partial charge in [0.15, 0.2) is 0 Å². The zero-order chi connectivity index (χ0) is 15.2. The number of sulfonamides is 1. The van der Waals surface area contributed by atoms with E-state index in [1.165, 1.54) is 41.8 Å². The van der Waals surface area contributed by atoms with Gasteiger partial charge >= 0.3 is 0 Å². The van der Waals surface area contributed by atoms with E-state index in [0.29, 0.717) is 18.4 Å². The van der Waals surface area contributed by atoms with Crippen LogP contribution in [-0.2, 0) is 10.0 Å². The average molecular weight is 376 g/mol. The van der Waals surface area contributed by atoms with Crippen molar-refractivity contribution in [1.29, 1.82) is 0 Å². The minimum atomic E-state index is -3.57.